The molecule has 0 aliphatic heterocycles. The quantitative estimate of drug-likeness (QED) is 0.402. The highest BCUT2D eigenvalue weighted by Crippen LogP contribution is 2.28. The molecule has 0 amide bonds. The molecule has 0 saturated heterocycles. The fourth-order valence-electron chi connectivity index (χ4n) is 0.756. The molecule has 0 rings (SSSR count). The molecule has 0 heterocycles. The SMILES string of the molecule is C[C@@](Cl)(/C=C/Br)[C@@H](Cl)/C=C/C(=C\Cl)C(Cl)Cl. The lowest BCUT2D eigenvalue weighted by Gasteiger charge is -2.21. The molecule has 0 aliphatic rings. The monoisotopic (exact) mass is 384 g/mol. The average molecular weight is 387 g/mol. The lowest BCUT2D eigenvalue weighted by molar-refractivity contribution is 0.800. The number of hydrogen-bond acceptors (Lipinski definition) is 0. The molecule has 0 spiro atoms. The fraction of sp³-hybridized carbons (Fsp3) is 0.400. The summed E-state index contributed by atoms with van der Waals surface area (Å²) in [7, 11) is 0. The maximum atomic E-state index is 6.17. The molecular formula is C10H10BrCl5. The maximum absolute atomic E-state index is 6.17. The Morgan fingerprint density at radius 2 is 1.88 bits per heavy atom. The molecule has 0 N–H and O–H groups in total. The van der Waals surface area contributed by atoms with E-state index in [4.69, 9.17) is 58.0 Å². The van der Waals surface area contributed by atoms with Crippen LogP contribution in [0.2, 0.25) is 0 Å². The first-order chi connectivity index (χ1) is 7.35. The normalized spacial score (nSPS) is 19.6. The van der Waals surface area contributed by atoms with E-state index in [1.165, 1.54) is 5.54 Å². The third-order valence-corrected chi connectivity index (χ3v) is 3.86. The van der Waals surface area contributed by atoms with Gasteiger partial charge in [0.15, 0.2) is 0 Å². The van der Waals surface area contributed by atoms with Crippen LogP contribution in [0.25, 0.3) is 0 Å². The molecule has 0 bridgehead atoms. The van der Waals surface area contributed by atoms with E-state index in [1.807, 2.05) is 0 Å². The summed E-state index contributed by atoms with van der Waals surface area (Å²) in [5, 5.41) is -0.415. The van der Waals surface area contributed by atoms with Crippen LogP contribution in [-0.4, -0.2) is 15.1 Å². The van der Waals surface area contributed by atoms with E-state index in [2.05, 4.69) is 15.9 Å². The Labute approximate surface area is 129 Å². The molecule has 0 fully saturated rings. The molecule has 0 saturated carbocycles. The number of rotatable bonds is 5. The summed E-state index contributed by atoms with van der Waals surface area (Å²) in [6.45, 7) is 1.79. The van der Waals surface area contributed by atoms with E-state index in [-0.39, 0.29) is 0 Å². The van der Waals surface area contributed by atoms with Crippen molar-refractivity contribution < 1.29 is 0 Å². The van der Waals surface area contributed by atoms with E-state index in [1.54, 1.807) is 30.1 Å². The number of allylic oxidation sites excluding steroid dienone is 4. The minimum atomic E-state index is -0.701. The van der Waals surface area contributed by atoms with E-state index in [0.29, 0.717) is 5.57 Å². The molecule has 6 heteroatoms. The van der Waals surface area contributed by atoms with Gasteiger partial charge in [0.05, 0.1) is 10.3 Å². The Bertz CT molecular complexity index is 294. The van der Waals surface area contributed by atoms with Crippen LogP contribution in [0, 0.1) is 0 Å². The van der Waals surface area contributed by atoms with Gasteiger partial charge in [-0.3, -0.25) is 0 Å². The number of hydrogen-bond donors (Lipinski definition) is 0. The second-order valence-corrected chi connectivity index (χ2v) is 6.24. The third kappa shape index (κ3) is 6.18. The minimum absolute atomic E-state index is 0.415. The molecule has 0 aromatic carbocycles. The summed E-state index contributed by atoms with van der Waals surface area (Å²) in [6, 6.07) is 0. The van der Waals surface area contributed by atoms with Gasteiger partial charge in [-0.1, -0.05) is 45.8 Å². The molecule has 0 aliphatic carbocycles. The standard InChI is InChI=1S/C10H10BrCl5/c1-10(16,4-5-11)8(13)3-2-7(6-12)9(14)15/h2-6,8-9H,1H3/b3-2+,5-4+,7-6+/t8-,10+/m0/s1. The first kappa shape index (κ1) is 17.2. The van der Waals surface area contributed by atoms with Crippen LogP contribution in [0.15, 0.2) is 34.3 Å². The lowest BCUT2D eigenvalue weighted by atomic mass is 10.1. The van der Waals surface area contributed by atoms with Gasteiger partial charge in [0.1, 0.15) is 4.84 Å². The van der Waals surface area contributed by atoms with Crippen LogP contribution in [0.3, 0.4) is 0 Å². The van der Waals surface area contributed by atoms with Gasteiger partial charge in [-0.25, -0.2) is 0 Å². The molecule has 0 radical (unpaired) electrons. The van der Waals surface area contributed by atoms with Gasteiger partial charge in [0.25, 0.3) is 0 Å². The van der Waals surface area contributed by atoms with Crippen molar-refractivity contribution in [2.45, 2.75) is 22.0 Å². The third-order valence-electron chi connectivity index (χ3n) is 1.76. The zero-order chi connectivity index (χ0) is 12.8. The van der Waals surface area contributed by atoms with Crippen LogP contribution < -0.4 is 0 Å². The summed E-state index contributed by atoms with van der Waals surface area (Å²) in [4.78, 5) is 0.270. The summed E-state index contributed by atoms with van der Waals surface area (Å²) < 4.78 is 0. The Hall–Kier alpha value is 1.15. The fourth-order valence-corrected chi connectivity index (χ4v) is 2.34. The van der Waals surface area contributed by atoms with E-state index in [0.717, 1.165) is 0 Å². The molecule has 92 valence electrons. The van der Waals surface area contributed by atoms with Crippen LogP contribution in [0.1, 0.15) is 6.92 Å². The number of halogens is 6. The van der Waals surface area contributed by atoms with Crippen LogP contribution in [0.5, 0.6) is 0 Å². The predicted molar refractivity (Wildman–Crippen MR) is 80.5 cm³/mol. The summed E-state index contributed by atoms with van der Waals surface area (Å²) in [5.74, 6) is 0. The van der Waals surface area contributed by atoms with Crippen molar-refractivity contribution in [3.8, 4) is 0 Å². The highest BCUT2D eigenvalue weighted by Gasteiger charge is 2.25. The first-order valence-corrected chi connectivity index (χ1v) is 7.26. The van der Waals surface area contributed by atoms with Gasteiger partial charge < -0.3 is 0 Å². The first-order valence-electron chi connectivity index (χ1n) is 4.22. The van der Waals surface area contributed by atoms with Crippen molar-refractivity contribution in [3.63, 3.8) is 0 Å². The smallest absolute Gasteiger partial charge is 0.116 e. The molecule has 16 heavy (non-hydrogen) atoms. The van der Waals surface area contributed by atoms with Crippen molar-refractivity contribution in [1.29, 1.82) is 0 Å². The number of alkyl halides is 4. The topological polar surface area (TPSA) is 0 Å². The minimum Gasteiger partial charge on any atom is -0.116 e. The van der Waals surface area contributed by atoms with Crippen molar-refractivity contribution in [3.05, 3.63) is 34.3 Å². The van der Waals surface area contributed by atoms with E-state index < -0.39 is 15.1 Å². The highest BCUT2D eigenvalue weighted by atomic mass is 79.9. The van der Waals surface area contributed by atoms with E-state index in [9.17, 15) is 0 Å². The van der Waals surface area contributed by atoms with Gasteiger partial charge >= 0.3 is 0 Å². The van der Waals surface area contributed by atoms with Crippen molar-refractivity contribution >= 4 is 73.9 Å². The van der Waals surface area contributed by atoms with E-state index >= 15 is 0 Å². The molecule has 0 aromatic heterocycles. The molecule has 2 atom stereocenters. The molecule has 0 aromatic rings. The average Bonchev–Trinajstić information content (AvgIpc) is 2.17. The molecular weight excluding hydrogens is 377 g/mol. The van der Waals surface area contributed by atoms with Gasteiger partial charge in [-0.05, 0) is 17.5 Å². The predicted octanol–water partition coefficient (Wildman–Crippen LogP) is 5.98. The largest absolute Gasteiger partial charge is 0.133 e. The summed E-state index contributed by atoms with van der Waals surface area (Å²) in [6.07, 6.45) is 5.07. The van der Waals surface area contributed by atoms with Gasteiger partial charge in [0.2, 0.25) is 0 Å². The lowest BCUT2D eigenvalue weighted by Crippen LogP contribution is -2.24. The van der Waals surface area contributed by atoms with Gasteiger partial charge in [-0.2, -0.15) is 0 Å². The molecule has 0 unspecified atom stereocenters. The zero-order valence-corrected chi connectivity index (χ0v) is 13.7. The van der Waals surface area contributed by atoms with Crippen LogP contribution in [0.4, 0.5) is 0 Å². The summed E-state index contributed by atoms with van der Waals surface area (Å²) >= 11 is 32.3. The maximum Gasteiger partial charge on any atom is 0.133 e. The Morgan fingerprint density at radius 3 is 2.25 bits per heavy atom. The second kappa shape index (κ2) is 8.29. The van der Waals surface area contributed by atoms with Gasteiger partial charge in [0, 0.05) is 5.54 Å². The highest BCUT2D eigenvalue weighted by molar-refractivity contribution is 9.11. The van der Waals surface area contributed by atoms with Crippen molar-refractivity contribution in [2.24, 2.45) is 0 Å². The Kier molecular flexibility index (Phi) is 8.88. The van der Waals surface area contributed by atoms with Crippen molar-refractivity contribution in [2.75, 3.05) is 0 Å². The Balaban J connectivity index is 4.67. The summed E-state index contributed by atoms with van der Waals surface area (Å²) in [5.41, 5.74) is 1.86. The van der Waals surface area contributed by atoms with Crippen molar-refractivity contribution in [1.82, 2.24) is 0 Å². The van der Waals surface area contributed by atoms with Crippen LogP contribution >= 0.6 is 73.9 Å². The van der Waals surface area contributed by atoms with Crippen LogP contribution in [-0.2, 0) is 0 Å². The van der Waals surface area contributed by atoms with Gasteiger partial charge in [-0.15, -0.1) is 46.4 Å². The Morgan fingerprint density at radius 1 is 1.31 bits per heavy atom. The second-order valence-electron chi connectivity index (χ2n) is 3.11. The zero-order valence-electron chi connectivity index (χ0n) is 8.31. The molecule has 0 nitrogen and oxygen atoms in total.